The number of rotatable bonds is 6. The summed E-state index contributed by atoms with van der Waals surface area (Å²) in [5.74, 6) is -0.431. The Morgan fingerprint density at radius 1 is 1.15 bits per heavy atom. The third kappa shape index (κ3) is 5.25. The smallest absolute Gasteiger partial charge is 0.256 e. The summed E-state index contributed by atoms with van der Waals surface area (Å²) in [7, 11) is 0. The Hall–Kier alpha value is -4.03. The van der Waals surface area contributed by atoms with E-state index in [1.807, 2.05) is 26.0 Å². The summed E-state index contributed by atoms with van der Waals surface area (Å²) in [6.07, 6.45) is 2.42. The highest BCUT2D eigenvalue weighted by Crippen LogP contribution is 2.25. The molecule has 0 fully saturated rings. The largest absolute Gasteiger partial charge is 0.350 e. The van der Waals surface area contributed by atoms with E-state index >= 15 is 0 Å². The minimum absolute atomic E-state index is 0.0803. The number of benzene rings is 2. The first-order valence-corrected chi connectivity index (χ1v) is 10.7. The number of anilines is 4. The number of aromatic nitrogens is 2. The molecule has 0 saturated heterocycles. The van der Waals surface area contributed by atoms with Crippen molar-refractivity contribution in [1.29, 1.82) is 5.26 Å². The molecule has 2 aromatic carbocycles. The summed E-state index contributed by atoms with van der Waals surface area (Å²) in [5, 5.41) is 21.5. The van der Waals surface area contributed by atoms with E-state index in [1.165, 1.54) is 35.5 Å². The van der Waals surface area contributed by atoms with Crippen LogP contribution in [0.25, 0.3) is 0 Å². The van der Waals surface area contributed by atoms with E-state index in [9.17, 15) is 9.18 Å². The Morgan fingerprint density at radius 2 is 1.94 bits per heavy atom. The Kier molecular flexibility index (Phi) is 6.47. The molecule has 4 rings (SSSR count). The van der Waals surface area contributed by atoms with Gasteiger partial charge in [-0.15, -0.1) is 0 Å². The van der Waals surface area contributed by atoms with Gasteiger partial charge < -0.3 is 21.3 Å². The van der Waals surface area contributed by atoms with Gasteiger partial charge in [-0.1, -0.05) is 6.07 Å². The van der Waals surface area contributed by atoms with Gasteiger partial charge in [0.2, 0.25) is 5.95 Å². The van der Waals surface area contributed by atoms with Crippen molar-refractivity contribution in [3.8, 4) is 6.07 Å². The molecule has 0 unspecified atom stereocenters. The maximum atomic E-state index is 13.7. The van der Waals surface area contributed by atoms with Crippen molar-refractivity contribution in [2.75, 3.05) is 17.2 Å². The lowest BCUT2D eigenvalue weighted by Crippen LogP contribution is -2.31. The lowest BCUT2D eigenvalue weighted by molar-refractivity contribution is 0.0943. The van der Waals surface area contributed by atoms with Crippen LogP contribution in [-0.2, 0) is 13.0 Å². The van der Waals surface area contributed by atoms with Crippen LogP contribution in [0.2, 0.25) is 0 Å². The molecule has 33 heavy (non-hydrogen) atoms. The number of nitrogens with zero attached hydrogens (tertiary/aromatic N) is 3. The number of halogens is 1. The topological polar surface area (TPSA) is 115 Å². The fourth-order valence-corrected chi connectivity index (χ4v) is 3.56. The normalized spacial score (nSPS) is 12.6. The third-order valence-corrected chi connectivity index (χ3v) is 5.15. The van der Waals surface area contributed by atoms with E-state index in [2.05, 4.69) is 43.4 Å². The lowest BCUT2D eigenvalue weighted by atomic mass is 10.0. The highest BCUT2D eigenvalue weighted by molar-refractivity contribution is 5.99. The van der Waals surface area contributed by atoms with Crippen LogP contribution in [0.4, 0.5) is 27.5 Å². The van der Waals surface area contributed by atoms with Crippen LogP contribution in [0.15, 0.2) is 42.6 Å². The SMILES string of the molecule is CC(C)NC(=O)c1cnc(Nc2ccc3c(c2)CNCC3)nc1Nc1ccc(F)c(C#N)c1. The minimum Gasteiger partial charge on any atom is -0.350 e. The Balaban J connectivity index is 1.65. The van der Waals surface area contributed by atoms with E-state index in [0.717, 1.165) is 25.2 Å². The average Bonchev–Trinajstić information content (AvgIpc) is 2.80. The first-order chi connectivity index (χ1) is 15.9. The van der Waals surface area contributed by atoms with Crippen molar-refractivity contribution < 1.29 is 9.18 Å². The highest BCUT2D eigenvalue weighted by atomic mass is 19.1. The molecule has 1 aliphatic rings. The Morgan fingerprint density at radius 3 is 2.73 bits per heavy atom. The molecule has 3 aromatic rings. The van der Waals surface area contributed by atoms with Gasteiger partial charge >= 0.3 is 0 Å². The monoisotopic (exact) mass is 445 g/mol. The van der Waals surface area contributed by atoms with Crippen LogP contribution in [-0.4, -0.2) is 28.5 Å². The Labute approximate surface area is 191 Å². The number of fused-ring (bicyclic) bond motifs is 1. The highest BCUT2D eigenvalue weighted by Gasteiger charge is 2.17. The number of carbonyl (C=O) groups excluding carboxylic acids is 1. The molecule has 168 valence electrons. The molecule has 4 N–H and O–H groups in total. The maximum absolute atomic E-state index is 13.7. The van der Waals surface area contributed by atoms with Crippen LogP contribution in [0.3, 0.4) is 0 Å². The molecule has 0 spiro atoms. The molecule has 0 bridgehead atoms. The predicted molar refractivity (Wildman–Crippen MR) is 124 cm³/mol. The fraction of sp³-hybridized carbons (Fsp3) is 0.250. The van der Waals surface area contributed by atoms with Gasteiger partial charge in [0.25, 0.3) is 5.91 Å². The van der Waals surface area contributed by atoms with Crippen molar-refractivity contribution in [3.05, 3.63) is 70.7 Å². The summed E-state index contributed by atoms with van der Waals surface area (Å²) in [6.45, 7) is 5.48. The van der Waals surface area contributed by atoms with E-state index in [1.54, 1.807) is 0 Å². The van der Waals surface area contributed by atoms with Crippen LogP contribution in [0, 0.1) is 17.1 Å². The van der Waals surface area contributed by atoms with Crippen LogP contribution in [0.1, 0.15) is 40.9 Å². The summed E-state index contributed by atoms with van der Waals surface area (Å²) >= 11 is 0. The van der Waals surface area contributed by atoms with Crippen LogP contribution in [0.5, 0.6) is 0 Å². The minimum atomic E-state index is -0.618. The molecule has 1 aliphatic heterocycles. The molecule has 0 saturated carbocycles. The van der Waals surface area contributed by atoms with Gasteiger partial charge in [0.05, 0.1) is 5.56 Å². The number of hydrogen-bond donors (Lipinski definition) is 4. The first kappa shape index (κ1) is 22.2. The number of amides is 1. The quantitative estimate of drug-likeness (QED) is 0.457. The molecule has 0 atom stereocenters. The second-order valence-corrected chi connectivity index (χ2v) is 8.05. The zero-order chi connectivity index (χ0) is 23.4. The van der Waals surface area contributed by atoms with E-state index in [0.29, 0.717) is 11.6 Å². The number of nitriles is 1. The molecule has 2 heterocycles. The van der Waals surface area contributed by atoms with Gasteiger partial charge in [-0.25, -0.2) is 9.37 Å². The van der Waals surface area contributed by atoms with E-state index in [4.69, 9.17) is 5.26 Å². The molecule has 0 radical (unpaired) electrons. The van der Waals surface area contributed by atoms with Gasteiger partial charge in [0.15, 0.2) is 0 Å². The first-order valence-electron chi connectivity index (χ1n) is 10.7. The van der Waals surface area contributed by atoms with Gasteiger partial charge in [0, 0.05) is 30.2 Å². The lowest BCUT2D eigenvalue weighted by Gasteiger charge is -2.18. The standard InChI is InChI=1S/C24H24FN7O/c1-14(2)29-23(33)20-13-28-24(31-19-4-3-15-7-8-27-12-17(15)10-19)32-22(20)30-18-5-6-21(25)16(9-18)11-26/h3-6,9-10,13-14,27H,7-8,12H2,1-2H3,(H,29,33)(H2,28,30,31,32). The summed E-state index contributed by atoms with van der Waals surface area (Å²) in [6, 6.07) is 11.9. The van der Waals surface area contributed by atoms with Crippen molar-refractivity contribution in [1.82, 2.24) is 20.6 Å². The van der Waals surface area contributed by atoms with Crippen molar-refractivity contribution in [2.45, 2.75) is 32.9 Å². The number of nitrogens with one attached hydrogen (secondary N) is 4. The number of carbonyl (C=O) groups is 1. The van der Waals surface area contributed by atoms with E-state index < -0.39 is 5.82 Å². The van der Waals surface area contributed by atoms with Crippen molar-refractivity contribution in [2.24, 2.45) is 0 Å². The summed E-state index contributed by atoms with van der Waals surface area (Å²) < 4.78 is 13.7. The van der Waals surface area contributed by atoms with Crippen molar-refractivity contribution >= 4 is 29.0 Å². The molecule has 8 nitrogen and oxygen atoms in total. The van der Waals surface area contributed by atoms with Gasteiger partial charge in [-0.3, -0.25) is 4.79 Å². The maximum Gasteiger partial charge on any atom is 0.256 e. The van der Waals surface area contributed by atoms with Gasteiger partial charge in [0.1, 0.15) is 23.3 Å². The molecule has 1 aromatic heterocycles. The van der Waals surface area contributed by atoms with Crippen LogP contribution >= 0.6 is 0 Å². The second-order valence-electron chi connectivity index (χ2n) is 8.05. The van der Waals surface area contributed by atoms with Crippen molar-refractivity contribution in [3.63, 3.8) is 0 Å². The number of hydrogen-bond acceptors (Lipinski definition) is 7. The Bertz CT molecular complexity index is 1240. The third-order valence-electron chi connectivity index (χ3n) is 5.15. The molecular weight excluding hydrogens is 421 g/mol. The average molecular weight is 446 g/mol. The summed E-state index contributed by atoms with van der Waals surface area (Å²) in [4.78, 5) is 21.5. The summed E-state index contributed by atoms with van der Waals surface area (Å²) in [5.41, 5.74) is 3.91. The zero-order valence-electron chi connectivity index (χ0n) is 18.4. The van der Waals surface area contributed by atoms with E-state index in [-0.39, 0.29) is 28.9 Å². The van der Waals surface area contributed by atoms with Gasteiger partial charge in [-0.05, 0) is 68.3 Å². The fourth-order valence-electron chi connectivity index (χ4n) is 3.56. The molecular formula is C24H24FN7O. The predicted octanol–water partition coefficient (Wildman–Crippen LogP) is 3.76. The second kappa shape index (κ2) is 9.63. The zero-order valence-corrected chi connectivity index (χ0v) is 18.4. The van der Waals surface area contributed by atoms with Crippen LogP contribution < -0.4 is 21.3 Å². The molecule has 9 heteroatoms. The molecule has 0 aliphatic carbocycles. The van der Waals surface area contributed by atoms with Gasteiger partial charge in [-0.2, -0.15) is 10.2 Å². The molecule has 1 amide bonds.